The zero-order chi connectivity index (χ0) is 16.2. The Morgan fingerprint density at radius 3 is 3.04 bits per heavy atom. The van der Waals surface area contributed by atoms with Crippen LogP contribution in [0.4, 0.5) is 4.39 Å². The highest BCUT2D eigenvalue weighted by Crippen LogP contribution is 2.22. The summed E-state index contributed by atoms with van der Waals surface area (Å²) in [5, 5.41) is 4.01. The summed E-state index contributed by atoms with van der Waals surface area (Å²) in [4.78, 5) is 18.1. The van der Waals surface area contributed by atoms with Crippen LogP contribution in [0.15, 0.2) is 30.9 Å². The summed E-state index contributed by atoms with van der Waals surface area (Å²) in [5.41, 5.74) is 1.83. The van der Waals surface area contributed by atoms with E-state index in [4.69, 9.17) is 0 Å². The Hall–Kier alpha value is -2.24. The second kappa shape index (κ2) is 6.89. The number of nitrogens with zero attached hydrogens (tertiary/aromatic N) is 4. The lowest BCUT2D eigenvalue weighted by molar-refractivity contribution is -0.130. The lowest BCUT2D eigenvalue weighted by atomic mass is 9.97. The van der Waals surface area contributed by atoms with E-state index in [1.54, 1.807) is 17.9 Å². The quantitative estimate of drug-likeness (QED) is 0.850. The normalized spacial score (nSPS) is 17.7. The van der Waals surface area contributed by atoms with Gasteiger partial charge in [-0.2, -0.15) is 5.10 Å². The fourth-order valence-electron chi connectivity index (χ4n) is 3.11. The molecule has 1 aromatic heterocycles. The van der Waals surface area contributed by atoms with Gasteiger partial charge in [-0.3, -0.25) is 9.48 Å². The van der Waals surface area contributed by atoms with Gasteiger partial charge in [-0.1, -0.05) is 12.1 Å². The fourth-order valence-corrected chi connectivity index (χ4v) is 3.11. The van der Waals surface area contributed by atoms with Crippen molar-refractivity contribution in [2.75, 3.05) is 13.1 Å². The molecule has 1 atom stereocenters. The zero-order valence-electron chi connectivity index (χ0n) is 13.3. The topological polar surface area (TPSA) is 51.0 Å². The van der Waals surface area contributed by atoms with Crippen LogP contribution in [0.2, 0.25) is 0 Å². The van der Waals surface area contributed by atoms with Crippen LogP contribution in [0.5, 0.6) is 0 Å². The zero-order valence-corrected chi connectivity index (χ0v) is 13.3. The van der Waals surface area contributed by atoms with Crippen LogP contribution in [-0.4, -0.2) is 38.7 Å². The highest BCUT2D eigenvalue weighted by molar-refractivity contribution is 5.76. The first kappa shape index (κ1) is 15.6. The molecular formula is C17H21FN4O. The summed E-state index contributed by atoms with van der Waals surface area (Å²) in [5.74, 6) is 0.457. The number of amides is 1. The van der Waals surface area contributed by atoms with Crippen molar-refractivity contribution in [2.45, 2.75) is 32.7 Å². The lowest BCUT2D eigenvalue weighted by Gasteiger charge is -2.16. The minimum Gasteiger partial charge on any atom is -0.342 e. The second-order valence-corrected chi connectivity index (χ2v) is 6.19. The number of hydrogen-bond acceptors (Lipinski definition) is 3. The molecule has 1 saturated heterocycles. The predicted octanol–water partition coefficient (Wildman–Crippen LogP) is 2.21. The number of benzene rings is 1. The van der Waals surface area contributed by atoms with Crippen molar-refractivity contribution in [1.29, 1.82) is 0 Å². The number of aromatic nitrogens is 3. The van der Waals surface area contributed by atoms with Crippen LogP contribution in [0.1, 0.15) is 24.0 Å². The molecule has 23 heavy (non-hydrogen) atoms. The van der Waals surface area contributed by atoms with Gasteiger partial charge in [0.25, 0.3) is 0 Å². The molecule has 0 spiro atoms. The number of aryl methyl sites for hydroxylation is 2. The summed E-state index contributed by atoms with van der Waals surface area (Å²) in [6.45, 7) is 3.94. The molecule has 1 aliphatic heterocycles. The highest BCUT2D eigenvalue weighted by atomic mass is 19.1. The van der Waals surface area contributed by atoms with Crippen molar-refractivity contribution < 1.29 is 9.18 Å². The van der Waals surface area contributed by atoms with E-state index < -0.39 is 0 Å². The van der Waals surface area contributed by atoms with Gasteiger partial charge in [-0.05, 0) is 42.9 Å². The summed E-state index contributed by atoms with van der Waals surface area (Å²) >= 11 is 0. The first-order chi connectivity index (χ1) is 11.1. The number of hydrogen-bond donors (Lipinski definition) is 0. The Morgan fingerprint density at radius 2 is 2.30 bits per heavy atom. The van der Waals surface area contributed by atoms with E-state index in [0.717, 1.165) is 31.5 Å². The molecule has 0 aliphatic carbocycles. The van der Waals surface area contributed by atoms with E-state index in [0.29, 0.717) is 24.4 Å². The molecule has 0 radical (unpaired) electrons. The van der Waals surface area contributed by atoms with Crippen LogP contribution < -0.4 is 0 Å². The van der Waals surface area contributed by atoms with Crippen molar-refractivity contribution in [3.05, 3.63) is 47.8 Å². The van der Waals surface area contributed by atoms with Crippen LogP contribution in [0.3, 0.4) is 0 Å². The van der Waals surface area contributed by atoms with E-state index in [1.165, 1.54) is 12.4 Å². The minimum absolute atomic E-state index is 0.162. The standard InChI is InChI=1S/C17H21FN4O/c1-13-8-14(2-3-16(13)18)9-15-4-6-21(10-15)17(23)5-7-22-12-19-11-20-22/h2-3,8,11-12,15H,4-7,9-10H2,1H3. The molecule has 0 N–H and O–H groups in total. The van der Waals surface area contributed by atoms with E-state index in [9.17, 15) is 9.18 Å². The number of rotatable bonds is 5. The van der Waals surface area contributed by atoms with Crippen LogP contribution >= 0.6 is 0 Å². The van der Waals surface area contributed by atoms with Crippen molar-refractivity contribution in [3.8, 4) is 0 Å². The molecule has 6 heteroatoms. The summed E-state index contributed by atoms with van der Waals surface area (Å²) in [6.07, 6.45) is 5.45. The third kappa shape index (κ3) is 3.94. The molecule has 5 nitrogen and oxygen atoms in total. The predicted molar refractivity (Wildman–Crippen MR) is 84.2 cm³/mol. The average Bonchev–Trinajstić information content (AvgIpc) is 3.20. The first-order valence-corrected chi connectivity index (χ1v) is 7.97. The van der Waals surface area contributed by atoms with Crippen molar-refractivity contribution in [1.82, 2.24) is 19.7 Å². The van der Waals surface area contributed by atoms with Gasteiger partial charge in [-0.25, -0.2) is 9.37 Å². The number of carbonyl (C=O) groups is 1. The Balaban J connectivity index is 1.49. The van der Waals surface area contributed by atoms with Gasteiger partial charge in [0.1, 0.15) is 18.5 Å². The largest absolute Gasteiger partial charge is 0.342 e. The maximum absolute atomic E-state index is 13.3. The van der Waals surface area contributed by atoms with Crippen LogP contribution in [0.25, 0.3) is 0 Å². The van der Waals surface area contributed by atoms with Crippen LogP contribution in [0, 0.1) is 18.7 Å². The molecule has 2 aromatic rings. The lowest BCUT2D eigenvalue weighted by Crippen LogP contribution is -2.29. The Kier molecular flexibility index (Phi) is 4.69. The van der Waals surface area contributed by atoms with Gasteiger partial charge in [0.2, 0.25) is 5.91 Å². The van der Waals surface area contributed by atoms with Gasteiger partial charge in [0, 0.05) is 19.5 Å². The molecule has 1 unspecified atom stereocenters. The molecule has 1 aliphatic rings. The SMILES string of the molecule is Cc1cc(CC2CCN(C(=O)CCn3cncn3)C2)ccc1F. The molecule has 3 rings (SSSR count). The highest BCUT2D eigenvalue weighted by Gasteiger charge is 2.26. The third-order valence-corrected chi connectivity index (χ3v) is 4.41. The minimum atomic E-state index is -0.162. The Bertz CT molecular complexity index is 671. The molecule has 122 valence electrons. The number of carbonyl (C=O) groups excluding carboxylic acids is 1. The van der Waals surface area contributed by atoms with E-state index in [1.807, 2.05) is 17.0 Å². The molecule has 0 saturated carbocycles. The molecule has 1 amide bonds. The Morgan fingerprint density at radius 1 is 1.43 bits per heavy atom. The molecular weight excluding hydrogens is 295 g/mol. The summed E-state index contributed by atoms with van der Waals surface area (Å²) in [6, 6.07) is 5.28. The van der Waals surface area contributed by atoms with Crippen molar-refractivity contribution >= 4 is 5.91 Å². The number of likely N-dealkylation sites (tertiary alicyclic amines) is 1. The monoisotopic (exact) mass is 316 g/mol. The third-order valence-electron chi connectivity index (χ3n) is 4.41. The second-order valence-electron chi connectivity index (χ2n) is 6.19. The van der Waals surface area contributed by atoms with Gasteiger partial charge < -0.3 is 4.90 Å². The summed E-state index contributed by atoms with van der Waals surface area (Å²) in [7, 11) is 0. The van der Waals surface area contributed by atoms with Crippen molar-refractivity contribution in [3.63, 3.8) is 0 Å². The van der Waals surface area contributed by atoms with Crippen LogP contribution in [-0.2, 0) is 17.8 Å². The molecule has 0 bridgehead atoms. The van der Waals surface area contributed by atoms with Gasteiger partial charge in [-0.15, -0.1) is 0 Å². The fraction of sp³-hybridized carbons (Fsp3) is 0.471. The van der Waals surface area contributed by atoms with E-state index in [-0.39, 0.29) is 11.7 Å². The van der Waals surface area contributed by atoms with Gasteiger partial charge in [0.15, 0.2) is 0 Å². The molecule has 1 fully saturated rings. The molecule has 2 heterocycles. The first-order valence-electron chi connectivity index (χ1n) is 7.97. The Labute approximate surface area is 135 Å². The van der Waals surface area contributed by atoms with E-state index >= 15 is 0 Å². The van der Waals surface area contributed by atoms with Crippen molar-refractivity contribution in [2.24, 2.45) is 5.92 Å². The average molecular weight is 316 g/mol. The molecule has 1 aromatic carbocycles. The smallest absolute Gasteiger partial charge is 0.224 e. The maximum Gasteiger partial charge on any atom is 0.224 e. The van der Waals surface area contributed by atoms with Gasteiger partial charge in [0.05, 0.1) is 6.54 Å². The maximum atomic E-state index is 13.3. The van der Waals surface area contributed by atoms with Gasteiger partial charge >= 0.3 is 0 Å². The number of halogens is 1. The van der Waals surface area contributed by atoms with E-state index in [2.05, 4.69) is 10.1 Å². The summed E-state index contributed by atoms with van der Waals surface area (Å²) < 4.78 is 15.0.